The molecule has 0 atom stereocenters. The van der Waals surface area contributed by atoms with Crippen molar-refractivity contribution < 1.29 is 4.74 Å². The van der Waals surface area contributed by atoms with E-state index in [2.05, 4.69) is 39.0 Å². The van der Waals surface area contributed by atoms with Crippen LogP contribution in [0.2, 0.25) is 0 Å². The van der Waals surface area contributed by atoms with Gasteiger partial charge in [-0.15, -0.1) is 11.3 Å². The fourth-order valence-electron chi connectivity index (χ4n) is 2.28. The Morgan fingerprint density at radius 1 is 1.41 bits per heavy atom. The van der Waals surface area contributed by atoms with Crippen molar-refractivity contribution in [3.05, 3.63) is 27.7 Å². The van der Waals surface area contributed by atoms with Crippen LogP contribution in [0.1, 0.15) is 30.5 Å². The number of ether oxygens (including phenoxy) is 1. The summed E-state index contributed by atoms with van der Waals surface area (Å²) in [6.07, 6.45) is 5.20. The van der Waals surface area contributed by atoms with E-state index < -0.39 is 0 Å². The van der Waals surface area contributed by atoms with Crippen LogP contribution in [0.25, 0.3) is 0 Å². The van der Waals surface area contributed by atoms with Crippen molar-refractivity contribution in [3.8, 4) is 0 Å². The Labute approximate surface area is 136 Å². The molecule has 0 amide bonds. The Morgan fingerprint density at radius 2 is 2.32 bits per heavy atom. The highest BCUT2D eigenvalue weighted by Gasteiger charge is 2.04. The second-order valence-corrected chi connectivity index (χ2v) is 6.29. The number of aryl methyl sites for hydroxylation is 1. The van der Waals surface area contributed by atoms with Gasteiger partial charge in [0.1, 0.15) is 0 Å². The molecule has 0 fully saturated rings. The Morgan fingerprint density at radius 3 is 3.00 bits per heavy atom. The maximum atomic E-state index is 5.32. The summed E-state index contributed by atoms with van der Waals surface area (Å²) in [6, 6.07) is 0. The van der Waals surface area contributed by atoms with Crippen LogP contribution in [0.3, 0.4) is 0 Å². The molecule has 0 saturated carbocycles. The van der Waals surface area contributed by atoms with Crippen molar-refractivity contribution in [3.63, 3.8) is 0 Å². The molecule has 1 aliphatic heterocycles. The monoisotopic (exact) mass is 322 g/mol. The Bertz CT molecular complexity index is 510. The van der Waals surface area contributed by atoms with Gasteiger partial charge in [-0.2, -0.15) is 0 Å². The van der Waals surface area contributed by atoms with Crippen molar-refractivity contribution in [2.24, 2.45) is 4.99 Å². The molecule has 0 bridgehead atoms. The predicted octanol–water partition coefficient (Wildman–Crippen LogP) is 2.29. The number of nitrogens with zero attached hydrogens (tertiary/aromatic N) is 2. The fourth-order valence-corrected chi connectivity index (χ4v) is 2.93. The highest BCUT2D eigenvalue weighted by molar-refractivity contribution is 7.09. The molecular formula is C16H26N4OS. The number of aromatic nitrogens is 1. The predicted molar refractivity (Wildman–Crippen MR) is 92.7 cm³/mol. The summed E-state index contributed by atoms with van der Waals surface area (Å²) in [5, 5.41) is 9.92. The first kappa shape index (κ1) is 17.0. The largest absolute Gasteiger partial charge is 0.377 e. The highest BCUT2D eigenvalue weighted by atomic mass is 32.1. The minimum Gasteiger partial charge on any atom is -0.377 e. The molecule has 2 heterocycles. The molecule has 1 aromatic heterocycles. The Balaban J connectivity index is 1.73. The lowest BCUT2D eigenvalue weighted by Gasteiger charge is -2.15. The van der Waals surface area contributed by atoms with Gasteiger partial charge in [0.15, 0.2) is 5.96 Å². The van der Waals surface area contributed by atoms with E-state index in [4.69, 9.17) is 4.74 Å². The van der Waals surface area contributed by atoms with Crippen molar-refractivity contribution in [1.82, 2.24) is 15.6 Å². The van der Waals surface area contributed by atoms with Crippen LogP contribution < -0.4 is 10.6 Å². The Kier molecular flexibility index (Phi) is 7.39. The van der Waals surface area contributed by atoms with E-state index >= 15 is 0 Å². The van der Waals surface area contributed by atoms with E-state index in [1.165, 1.54) is 5.57 Å². The summed E-state index contributed by atoms with van der Waals surface area (Å²) in [5.74, 6) is 0.891. The summed E-state index contributed by atoms with van der Waals surface area (Å²) < 4.78 is 5.32. The van der Waals surface area contributed by atoms with Gasteiger partial charge in [-0.05, 0) is 26.7 Å². The maximum Gasteiger partial charge on any atom is 0.191 e. The van der Waals surface area contributed by atoms with Gasteiger partial charge in [0.25, 0.3) is 0 Å². The second-order valence-electron chi connectivity index (χ2n) is 5.23. The molecule has 0 unspecified atom stereocenters. The second kappa shape index (κ2) is 9.58. The number of aliphatic imine (C=N–C) groups is 1. The molecule has 6 heteroatoms. The Hall–Kier alpha value is -1.40. The summed E-state index contributed by atoms with van der Waals surface area (Å²) >= 11 is 1.70. The molecule has 0 spiro atoms. The van der Waals surface area contributed by atoms with Gasteiger partial charge in [-0.3, -0.25) is 4.99 Å². The van der Waals surface area contributed by atoms with Crippen molar-refractivity contribution >= 4 is 17.3 Å². The molecule has 0 aromatic carbocycles. The average Bonchev–Trinajstić information content (AvgIpc) is 2.94. The molecular weight excluding hydrogens is 296 g/mol. The third-order valence-corrected chi connectivity index (χ3v) is 4.27. The van der Waals surface area contributed by atoms with Crippen molar-refractivity contribution in [2.75, 3.05) is 32.8 Å². The van der Waals surface area contributed by atoms with E-state index in [9.17, 15) is 0 Å². The van der Waals surface area contributed by atoms with E-state index in [1.807, 2.05) is 6.92 Å². The van der Waals surface area contributed by atoms with Gasteiger partial charge in [0.2, 0.25) is 0 Å². The lowest BCUT2D eigenvalue weighted by molar-refractivity contribution is 0.153. The topological polar surface area (TPSA) is 58.5 Å². The summed E-state index contributed by atoms with van der Waals surface area (Å²) in [6.45, 7) is 8.28. The molecule has 5 nitrogen and oxygen atoms in total. The average molecular weight is 322 g/mol. The molecule has 22 heavy (non-hydrogen) atoms. The standard InChI is InChI=1S/C16H26N4OS/c1-3-17-16(18-8-4-14-6-10-21-11-7-14)19-9-5-15-12-22-13(2)20-15/h6,12H,3-5,7-11H2,1-2H3,(H2,17,18,19). The normalized spacial score (nSPS) is 15.5. The third kappa shape index (κ3) is 6.15. The number of nitrogens with one attached hydrogen (secondary N) is 2. The smallest absolute Gasteiger partial charge is 0.191 e. The van der Waals surface area contributed by atoms with Crippen LogP contribution in [0.15, 0.2) is 22.0 Å². The van der Waals surface area contributed by atoms with Gasteiger partial charge in [-0.1, -0.05) is 11.6 Å². The minimum atomic E-state index is 0.759. The van der Waals surface area contributed by atoms with Gasteiger partial charge in [-0.25, -0.2) is 4.98 Å². The zero-order valence-electron chi connectivity index (χ0n) is 13.5. The molecule has 2 rings (SSSR count). The first-order chi connectivity index (χ1) is 10.8. The van der Waals surface area contributed by atoms with Gasteiger partial charge in [0, 0.05) is 31.4 Å². The SMILES string of the molecule is CCNC(=NCCc1csc(C)n1)NCCC1=CCOCC1. The first-order valence-corrected chi connectivity index (χ1v) is 8.84. The minimum absolute atomic E-state index is 0.759. The molecule has 0 saturated heterocycles. The number of guanidine groups is 1. The summed E-state index contributed by atoms with van der Waals surface area (Å²) in [5.41, 5.74) is 2.61. The van der Waals surface area contributed by atoms with Crippen molar-refractivity contribution in [2.45, 2.75) is 33.1 Å². The molecule has 122 valence electrons. The zero-order chi connectivity index (χ0) is 15.6. The van der Waals surface area contributed by atoms with Gasteiger partial charge < -0.3 is 15.4 Å². The molecule has 0 radical (unpaired) electrons. The molecule has 0 aliphatic carbocycles. The van der Waals surface area contributed by atoms with Crippen LogP contribution in [0.5, 0.6) is 0 Å². The van der Waals surface area contributed by atoms with Crippen LogP contribution in [-0.4, -0.2) is 43.8 Å². The number of thiazole rings is 1. The first-order valence-electron chi connectivity index (χ1n) is 7.96. The zero-order valence-corrected chi connectivity index (χ0v) is 14.3. The van der Waals surface area contributed by atoms with Gasteiger partial charge in [0.05, 0.1) is 23.9 Å². The van der Waals surface area contributed by atoms with Crippen LogP contribution in [0.4, 0.5) is 0 Å². The maximum absolute atomic E-state index is 5.32. The third-order valence-electron chi connectivity index (χ3n) is 3.44. The van der Waals surface area contributed by atoms with E-state index in [0.29, 0.717) is 0 Å². The number of rotatable bonds is 7. The molecule has 1 aromatic rings. The molecule has 1 aliphatic rings. The number of hydrogen-bond donors (Lipinski definition) is 2. The molecule has 2 N–H and O–H groups in total. The van der Waals surface area contributed by atoms with Crippen molar-refractivity contribution in [1.29, 1.82) is 0 Å². The fraction of sp³-hybridized carbons (Fsp3) is 0.625. The lowest BCUT2D eigenvalue weighted by Crippen LogP contribution is -2.38. The quantitative estimate of drug-likeness (QED) is 0.459. The van der Waals surface area contributed by atoms with Gasteiger partial charge >= 0.3 is 0 Å². The summed E-state index contributed by atoms with van der Waals surface area (Å²) in [7, 11) is 0. The lowest BCUT2D eigenvalue weighted by atomic mass is 10.1. The van der Waals surface area contributed by atoms with E-state index in [1.54, 1.807) is 11.3 Å². The van der Waals surface area contributed by atoms with E-state index in [0.717, 1.165) is 68.8 Å². The van der Waals surface area contributed by atoms with Crippen LogP contribution in [0, 0.1) is 6.92 Å². The van der Waals surface area contributed by atoms with Crippen LogP contribution >= 0.6 is 11.3 Å². The highest BCUT2D eigenvalue weighted by Crippen LogP contribution is 2.10. The summed E-state index contributed by atoms with van der Waals surface area (Å²) in [4.78, 5) is 9.08. The van der Waals surface area contributed by atoms with Crippen LogP contribution in [-0.2, 0) is 11.2 Å². The number of hydrogen-bond acceptors (Lipinski definition) is 4. The van der Waals surface area contributed by atoms with E-state index in [-0.39, 0.29) is 0 Å².